The fraction of sp³-hybridized carbons (Fsp3) is 0.667. The van der Waals surface area contributed by atoms with E-state index in [1.165, 1.54) is 76.2 Å². The molecule has 29 heavy (non-hydrogen) atoms. The van der Waals surface area contributed by atoms with E-state index in [9.17, 15) is 0 Å². The average Bonchev–Trinajstić information content (AvgIpc) is 2.54. The van der Waals surface area contributed by atoms with Crippen molar-refractivity contribution in [3.63, 3.8) is 0 Å². The molecule has 0 bridgehead atoms. The molecule has 0 unspecified atom stereocenters. The number of hydrogen-bond acceptors (Lipinski definition) is 2. The standard InChI is InChI=1S/C18H29.2H3O3PS.Zn/c1-2-3-4-5-6-7-8-9-10-12-15-18-16-13-11-14-17-18;2*1-4(2,3)5;/h11,13-14,16H,2-10,12,15H2,1H3;2*(H3,1,2,3,5);/q-1;;;. The molecule has 0 heterocycles. The van der Waals surface area contributed by atoms with Crippen LogP contribution < -0.4 is 0 Å². The van der Waals surface area contributed by atoms with Gasteiger partial charge in [0, 0.05) is 19.5 Å². The van der Waals surface area contributed by atoms with Gasteiger partial charge in [0.2, 0.25) is 0 Å². The molecule has 0 saturated heterocycles. The normalized spacial score (nSPS) is 10.7. The van der Waals surface area contributed by atoms with Gasteiger partial charge >= 0.3 is 13.4 Å². The van der Waals surface area contributed by atoms with Crippen LogP contribution in [0, 0.1) is 6.07 Å². The van der Waals surface area contributed by atoms with Crippen molar-refractivity contribution in [1.29, 1.82) is 0 Å². The third-order valence-electron chi connectivity index (χ3n) is 3.57. The average molecular weight is 539 g/mol. The Morgan fingerprint density at radius 1 is 0.724 bits per heavy atom. The summed E-state index contributed by atoms with van der Waals surface area (Å²) in [6.07, 6.45) is 15.3. The third-order valence-corrected chi connectivity index (χ3v) is 3.57. The van der Waals surface area contributed by atoms with E-state index in [1.54, 1.807) is 0 Å². The van der Waals surface area contributed by atoms with Gasteiger partial charge in [0.05, 0.1) is 0 Å². The van der Waals surface area contributed by atoms with Gasteiger partial charge in [-0.25, -0.2) is 0 Å². The largest absolute Gasteiger partial charge is 0.325 e. The van der Waals surface area contributed by atoms with E-state index in [2.05, 4.69) is 48.7 Å². The second-order valence-corrected chi connectivity index (χ2v) is 11.3. The van der Waals surface area contributed by atoms with Crippen LogP contribution in [0.5, 0.6) is 0 Å². The fourth-order valence-corrected chi connectivity index (χ4v) is 2.39. The maximum absolute atomic E-state index is 7.56. The van der Waals surface area contributed by atoms with E-state index >= 15 is 0 Å². The number of benzene rings is 1. The summed E-state index contributed by atoms with van der Waals surface area (Å²) < 4.78 is 0. The van der Waals surface area contributed by atoms with E-state index in [1.807, 2.05) is 12.1 Å². The second kappa shape index (κ2) is 22.1. The number of unbranched alkanes of at least 4 members (excludes halogenated alkanes) is 9. The van der Waals surface area contributed by atoms with Gasteiger partial charge in [-0.1, -0.05) is 77.6 Å². The smallest absolute Gasteiger partial charge is 0.319 e. The molecule has 0 saturated carbocycles. The molecule has 0 radical (unpaired) electrons. The predicted molar refractivity (Wildman–Crippen MR) is 123 cm³/mol. The minimum absolute atomic E-state index is 0. The first-order chi connectivity index (χ1) is 12.9. The first-order valence-corrected chi connectivity index (χ1v) is 14.8. The maximum atomic E-state index is 7.56. The predicted octanol–water partition coefficient (Wildman–Crippen LogP) is 4.32. The first kappa shape index (κ1) is 34.5. The van der Waals surface area contributed by atoms with Crippen molar-refractivity contribution in [3.05, 3.63) is 35.9 Å². The molecule has 6 nitrogen and oxygen atoms in total. The van der Waals surface area contributed by atoms with Gasteiger partial charge in [-0.3, -0.25) is 0 Å². The Balaban J connectivity index is -0.000000512. The Bertz CT molecular complexity index is 518. The van der Waals surface area contributed by atoms with Gasteiger partial charge < -0.3 is 29.4 Å². The van der Waals surface area contributed by atoms with Gasteiger partial charge in [-0.2, -0.15) is 35.9 Å². The topological polar surface area (TPSA) is 121 Å². The molecule has 1 aromatic rings. The Morgan fingerprint density at radius 3 is 1.45 bits per heavy atom. The Hall–Kier alpha value is 0.903. The first-order valence-electron chi connectivity index (χ1n) is 9.45. The van der Waals surface area contributed by atoms with Crippen LogP contribution in [-0.4, -0.2) is 29.4 Å². The zero-order valence-corrected chi connectivity index (χ0v) is 23.6. The zero-order chi connectivity index (χ0) is 21.9. The van der Waals surface area contributed by atoms with Crippen molar-refractivity contribution in [3.8, 4) is 0 Å². The molecule has 0 aliphatic heterocycles. The Morgan fingerprint density at radius 2 is 1.10 bits per heavy atom. The molecule has 0 amide bonds. The molecule has 168 valence electrons. The second-order valence-electron chi connectivity index (χ2n) is 6.35. The molecular formula is C18H35O6P2S2Zn-. The van der Waals surface area contributed by atoms with E-state index in [0.29, 0.717) is 0 Å². The van der Waals surface area contributed by atoms with Gasteiger partial charge in [-0.05, 0) is 23.6 Å². The monoisotopic (exact) mass is 537 g/mol. The quantitative estimate of drug-likeness (QED) is 0.107. The summed E-state index contributed by atoms with van der Waals surface area (Å²) in [5.41, 5.74) is 1.37. The van der Waals surface area contributed by atoms with Crippen molar-refractivity contribution in [2.24, 2.45) is 0 Å². The maximum Gasteiger partial charge on any atom is 0.319 e. The molecule has 0 atom stereocenters. The number of aryl methyl sites for hydroxylation is 1. The van der Waals surface area contributed by atoms with Crippen LogP contribution in [0.15, 0.2) is 24.3 Å². The van der Waals surface area contributed by atoms with Gasteiger partial charge in [0.25, 0.3) is 0 Å². The van der Waals surface area contributed by atoms with E-state index in [0.717, 1.165) is 0 Å². The molecule has 0 aromatic heterocycles. The van der Waals surface area contributed by atoms with Crippen molar-refractivity contribution < 1.29 is 48.8 Å². The molecule has 1 aromatic carbocycles. The summed E-state index contributed by atoms with van der Waals surface area (Å²) >= 11 is 7.21. The van der Waals surface area contributed by atoms with Crippen LogP contribution in [0.4, 0.5) is 0 Å². The minimum atomic E-state index is -3.81. The zero-order valence-electron chi connectivity index (χ0n) is 17.2. The molecule has 1 rings (SSSR count). The molecule has 0 fully saturated rings. The van der Waals surface area contributed by atoms with Crippen molar-refractivity contribution >= 4 is 37.1 Å². The van der Waals surface area contributed by atoms with Crippen LogP contribution in [0.1, 0.15) is 76.7 Å². The number of rotatable bonds is 11. The van der Waals surface area contributed by atoms with Crippen molar-refractivity contribution in [1.82, 2.24) is 0 Å². The van der Waals surface area contributed by atoms with Gasteiger partial charge in [0.15, 0.2) is 0 Å². The molecule has 11 heteroatoms. The van der Waals surface area contributed by atoms with E-state index in [-0.39, 0.29) is 19.5 Å². The van der Waals surface area contributed by atoms with Crippen LogP contribution in [0.25, 0.3) is 0 Å². The SMILES string of the molecule is CCCCCCCCCCCCc1[c-]cccc1.OP(O)(O)=S.OP(O)(O)=S.[Zn]. The molecule has 6 N–H and O–H groups in total. The summed E-state index contributed by atoms with van der Waals surface area (Å²) in [6.45, 7) is -5.33. The fourth-order valence-electron chi connectivity index (χ4n) is 2.39. The number of hydrogen-bond donors (Lipinski definition) is 6. The molecule has 0 aliphatic carbocycles. The Kier molecular flexibility index (Phi) is 26.3. The third kappa shape index (κ3) is 47.9. The van der Waals surface area contributed by atoms with Crippen molar-refractivity contribution in [2.45, 2.75) is 77.6 Å². The van der Waals surface area contributed by atoms with Crippen LogP contribution in [0.2, 0.25) is 0 Å². The minimum Gasteiger partial charge on any atom is -0.325 e. The summed E-state index contributed by atoms with van der Waals surface area (Å²) in [4.78, 5) is 45.3. The Labute approximate surface area is 198 Å². The molecular weight excluding hydrogens is 504 g/mol. The van der Waals surface area contributed by atoms with E-state index < -0.39 is 13.4 Å². The van der Waals surface area contributed by atoms with E-state index in [4.69, 9.17) is 29.4 Å². The van der Waals surface area contributed by atoms with Gasteiger partial charge in [-0.15, -0.1) is 0 Å². The van der Waals surface area contributed by atoms with Crippen LogP contribution in [0.3, 0.4) is 0 Å². The molecule has 0 spiro atoms. The molecule has 0 aliphatic rings. The summed E-state index contributed by atoms with van der Waals surface area (Å²) in [6, 6.07) is 11.7. The van der Waals surface area contributed by atoms with Crippen LogP contribution in [-0.2, 0) is 49.5 Å². The van der Waals surface area contributed by atoms with Gasteiger partial charge in [0.1, 0.15) is 0 Å². The van der Waals surface area contributed by atoms with Crippen LogP contribution >= 0.6 is 13.4 Å². The summed E-state index contributed by atoms with van der Waals surface area (Å²) in [5, 5.41) is 0. The van der Waals surface area contributed by atoms with Crippen molar-refractivity contribution in [2.75, 3.05) is 0 Å². The summed E-state index contributed by atoms with van der Waals surface area (Å²) in [7, 11) is 0. The summed E-state index contributed by atoms with van der Waals surface area (Å²) in [5.74, 6) is 0.